The summed E-state index contributed by atoms with van der Waals surface area (Å²) in [6.07, 6.45) is 2.12. The van der Waals surface area contributed by atoms with E-state index in [9.17, 15) is 0 Å². The molecule has 0 aliphatic rings. The molecule has 0 aromatic carbocycles. The maximum Gasteiger partial charge on any atom is 0.228 e. The molecule has 0 aliphatic carbocycles. The van der Waals surface area contributed by atoms with Crippen molar-refractivity contribution in [2.45, 2.75) is 31.8 Å². The van der Waals surface area contributed by atoms with E-state index in [4.69, 9.17) is 11.6 Å². The smallest absolute Gasteiger partial charge is 0.228 e. The zero-order valence-electron chi connectivity index (χ0n) is 8.96. The summed E-state index contributed by atoms with van der Waals surface area (Å²) < 4.78 is 0. The lowest BCUT2D eigenvalue weighted by molar-refractivity contribution is 0.876. The number of rotatable bonds is 6. The van der Waals surface area contributed by atoms with Crippen molar-refractivity contribution in [3.8, 4) is 0 Å². The lowest BCUT2D eigenvalue weighted by Gasteiger charge is -2.04. The lowest BCUT2D eigenvalue weighted by Crippen LogP contribution is -2.06. The van der Waals surface area contributed by atoms with E-state index >= 15 is 0 Å². The van der Waals surface area contributed by atoms with Gasteiger partial charge in [0.15, 0.2) is 5.16 Å². The fraction of sp³-hybridized carbons (Fsp3) is 0.667. The van der Waals surface area contributed by atoms with E-state index in [-0.39, 0.29) is 5.28 Å². The van der Waals surface area contributed by atoms with Gasteiger partial charge in [-0.1, -0.05) is 25.6 Å². The SMILES string of the molecule is CCCNc1nc(Cl)nc(SCCC)n1. The monoisotopic (exact) mass is 246 g/mol. The van der Waals surface area contributed by atoms with Gasteiger partial charge in [0, 0.05) is 12.3 Å². The number of hydrogen-bond donors (Lipinski definition) is 1. The maximum absolute atomic E-state index is 5.79. The highest BCUT2D eigenvalue weighted by atomic mass is 35.5. The van der Waals surface area contributed by atoms with Crippen LogP contribution in [-0.4, -0.2) is 27.2 Å². The van der Waals surface area contributed by atoms with Crippen LogP contribution in [0.4, 0.5) is 5.95 Å². The van der Waals surface area contributed by atoms with Crippen LogP contribution in [-0.2, 0) is 0 Å². The highest BCUT2D eigenvalue weighted by Crippen LogP contribution is 2.17. The van der Waals surface area contributed by atoms with Gasteiger partial charge in [0.2, 0.25) is 11.2 Å². The number of hydrogen-bond acceptors (Lipinski definition) is 5. The van der Waals surface area contributed by atoms with Crippen LogP contribution < -0.4 is 5.32 Å². The minimum Gasteiger partial charge on any atom is -0.354 e. The molecule has 4 nitrogen and oxygen atoms in total. The molecule has 84 valence electrons. The van der Waals surface area contributed by atoms with Crippen molar-refractivity contribution in [3.63, 3.8) is 0 Å². The quantitative estimate of drug-likeness (QED) is 0.783. The van der Waals surface area contributed by atoms with E-state index in [2.05, 4.69) is 34.1 Å². The number of thioether (sulfide) groups is 1. The van der Waals surface area contributed by atoms with Gasteiger partial charge in [-0.2, -0.15) is 15.0 Å². The third-order valence-corrected chi connectivity index (χ3v) is 2.78. The van der Waals surface area contributed by atoms with Gasteiger partial charge in [-0.3, -0.25) is 0 Å². The predicted molar refractivity (Wildman–Crippen MR) is 64.6 cm³/mol. The van der Waals surface area contributed by atoms with Crippen molar-refractivity contribution in [2.75, 3.05) is 17.6 Å². The lowest BCUT2D eigenvalue weighted by atomic mass is 10.5. The molecule has 0 amide bonds. The number of anilines is 1. The molecule has 15 heavy (non-hydrogen) atoms. The molecular formula is C9H15ClN4S. The Morgan fingerprint density at radius 3 is 2.67 bits per heavy atom. The molecule has 0 bridgehead atoms. The van der Waals surface area contributed by atoms with E-state index in [0.717, 1.165) is 25.1 Å². The molecule has 0 unspecified atom stereocenters. The van der Waals surface area contributed by atoms with Crippen molar-refractivity contribution < 1.29 is 0 Å². The van der Waals surface area contributed by atoms with E-state index in [1.807, 2.05) is 0 Å². The highest BCUT2D eigenvalue weighted by molar-refractivity contribution is 7.99. The second kappa shape index (κ2) is 6.85. The number of nitrogens with zero attached hydrogens (tertiary/aromatic N) is 3. The van der Waals surface area contributed by atoms with Crippen LogP contribution >= 0.6 is 23.4 Å². The van der Waals surface area contributed by atoms with Crippen molar-refractivity contribution >= 4 is 29.3 Å². The molecule has 1 heterocycles. The molecule has 0 atom stereocenters. The van der Waals surface area contributed by atoms with Crippen LogP contribution in [0.2, 0.25) is 5.28 Å². The molecule has 1 N–H and O–H groups in total. The number of aromatic nitrogens is 3. The Kier molecular flexibility index (Phi) is 5.71. The van der Waals surface area contributed by atoms with Gasteiger partial charge in [-0.15, -0.1) is 0 Å². The first-order chi connectivity index (χ1) is 7.26. The van der Waals surface area contributed by atoms with Gasteiger partial charge in [0.1, 0.15) is 0 Å². The van der Waals surface area contributed by atoms with Crippen LogP contribution in [0.15, 0.2) is 5.16 Å². The first-order valence-corrected chi connectivity index (χ1v) is 6.40. The highest BCUT2D eigenvalue weighted by Gasteiger charge is 2.04. The summed E-state index contributed by atoms with van der Waals surface area (Å²) in [4.78, 5) is 12.3. The average molecular weight is 247 g/mol. The topological polar surface area (TPSA) is 50.7 Å². The van der Waals surface area contributed by atoms with E-state index < -0.39 is 0 Å². The van der Waals surface area contributed by atoms with E-state index in [1.54, 1.807) is 11.8 Å². The van der Waals surface area contributed by atoms with Gasteiger partial charge < -0.3 is 5.32 Å². The molecule has 1 aromatic heterocycles. The molecular weight excluding hydrogens is 232 g/mol. The van der Waals surface area contributed by atoms with Gasteiger partial charge >= 0.3 is 0 Å². The summed E-state index contributed by atoms with van der Waals surface area (Å²) in [6, 6.07) is 0. The Labute approximate surface area is 99.3 Å². The van der Waals surface area contributed by atoms with Crippen LogP contribution in [0, 0.1) is 0 Å². The fourth-order valence-corrected chi connectivity index (χ4v) is 1.80. The van der Waals surface area contributed by atoms with Crippen LogP contribution in [0.1, 0.15) is 26.7 Å². The molecule has 1 rings (SSSR count). The van der Waals surface area contributed by atoms with Crippen molar-refractivity contribution in [1.29, 1.82) is 0 Å². The standard InChI is InChI=1S/C9H15ClN4S/c1-3-5-11-8-12-7(10)13-9(14-8)15-6-4-2/h3-6H2,1-2H3,(H,11,12,13,14). The zero-order valence-corrected chi connectivity index (χ0v) is 10.5. The summed E-state index contributed by atoms with van der Waals surface area (Å²) in [5, 5.41) is 4.03. The number of halogens is 1. The molecule has 0 radical (unpaired) electrons. The van der Waals surface area contributed by atoms with Crippen molar-refractivity contribution in [1.82, 2.24) is 15.0 Å². The molecule has 1 aromatic rings. The molecule has 6 heteroatoms. The summed E-state index contributed by atoms with van der Waals surface area (Å²) in [7, 11) is 0. The first kappa shape index (κ1) is 12.5. The van der Waals surface area contributed by atoms with Gasteiger partial charge in [-0.05, 0) is 24.4 Å². The molecule has 0 spiro atoms. The normalized spacial score (nSPS) is 10.3. The Balaban J connectivity index is 2.66. The Morgan fingerprint density at radius 2 is 2.00 bits per heavy atom. The van der Waals surface area contributed by atoms with Gasteiger partial charge in [0.25, 0.3) is 0 Å². The van der Waals surface area contributed by atoms with E-state index in [1.165, 1.54) is 0 Å². The molecule has 0 saturated heterocycles. The van der Waals surface area contributed by atoms with Gasteiger partial charge in [-0.25, -0.2) is 0 Å². The summed E-state index contributed by atoms with van der Waals surface area (Å²) in [6.45, 7) is 5.05. The zero-order chi connectivity index (χ0) is 11.1. The number of nitrogens with one attached hydrogen (secondary N) is 1. The van der Waals surface area contributed by atoms with Crippen molar-refractivity contribution in [2.24, 2.45) is 0 Å². The fourth-order valence-electron chi connectivity index (χ4n) is 0.906. The van der Waals surface area contributed by atoms with Crippen molar-refractivity contribution in [3.05, 3.63) is 5.28 Å². The van der Waals surface area contributed by atoms with Crippen LogP contribution in [0.5, 0.6) is 0 Å². The first-order valence-electron chi connectivity index (χ1n) is 5.04. The summed E-state index contributed by atoms with van der Waals surface area (Å²) >= 11 is 7.39. The Bertz CT molecular complexity index is 282. The van der Waals surface area contributed by atoms with Crippen LogP contribution in [0.25, 0.3) is 0 Å². The predicted octanol–water partition coefficient (Wildman–Crippen LogP) is 2.85. The second-order valence-electron chi connectivity index (χ2n) is 2.99. The molecule has 0 fully saturated rings. The summed E-state index contributed by atoms with van der Waals surface area (Å²) in [5.41, 5.74) is 0. The minimum absolute atomic E-state index is 0.252. The second-order valence-corrected chi connectivity index (χ2v) is 4.39. The van der Waals surface area contributed by atoms with E-state index in [0.29, 0.717) is 11.1 Å². The van der Waals surface area contributed by atoms with Gasteiger partial charge in [0.05, 0.1) is 0 Å². The largest absolute Gasteiger partial charge is 0.354 e. The minimum atomic E-state index is 0.252. The van der Waals surface area contributed by atoms with Crippen LogP contribution in [0.3, 0.4) is 0 Å². The third kappa shape index (κ3) is 4.66. The Morgan fingerprint density at radius 1 is 1.20 bits per heavy atom. The maximum atomic E-state index is 5.79. The molecule has 0 aliphatic heterocycles. The third-order valence-electron chi connectivity index (χ3n) is 1.56. The Hall–Kier alpha value is -0.550. The summed E-state index contributed by atoms with van der Waals surface area (Å²) in [5.74, 6) is 1.56. The average Bonchev–Trinajstić information content (AvgIpc) is 2.23. The molecule has 0 saturated carbocycles.